The van der Waals surface area contributed by atoms with E-state index in [1.807, 2.05) is 0 Å². The maximum absolute atomic E-state index is 11.0. The molecule has 66 valence electrons. The van der Waals surface area contributed by atoms with E-state index in [9.17, 15) is 4.79 Å². The van der Waals surface area contributed by atoms with Gasteiger partial charge in [0, 0.05) is 0 Å². The Morgan fingerprint density at radius 1 is 1.42 bits per heavy atom. The third-order valence-electron chi connectivity index (χ3n) is 0.972. The first-order valence-electron chi connectivity index (χ1n) is 3.65. The number of hydrogen-bond donors (Lipinski definition) is 0. The van der Waals surface area contributed by atoms with Crippen molar-refractivity contribution in [2.75, 3.05) is 13.2 Å². The second kappa shape index (κ2) is 6.23. The van der Waals surface area contributed by atoms with Crippen molar-refractivity contribution in [1.82, 2.24) is 0 Å². The minimum atomic E-state index is -0.596. The molecule has 0 aromatic rings. The highest BCUT2D eigenvalue weighted by Crippen LogP contribution is 1.99. The molecular weight excluding hydrogens is 158 g/mol. The molecule has 0 aromatic carbocycles. The summed E-state index contributed by atoms with van der Waals surface area (Å²) < 4.78 is 9.49. The van der Waals surface area contributed by atoms with Crippen molar-refractivity contribution in [3.63, 3.8) is 0 Å². The molecule has 0 aliphatic heterocycles. The average Bonchev–Trinajstić information content (AvgIpc) is 2.04. The first-order chi connectivity index (χ1) is 5.76. The lowest BCUT2D eigenvalue weighted by molar-refractivity contribution is -0.142. The van der Waals surface area contributed by atoms with E-state index in [1.54, 1.807) is 19.9 Å². The number of esters is 1. The van der Waals surface area contributed by atoms with E-state index < -0.39 is 5.97 Å². The first-order valence-corrected chi connectivity index (χ1v) is 3.65. The maximum Gasteiger partial charge on any atom is 0.374 e. The van der Waals surface area contributed by atoms with Crippen LogP contribution in [0.2, 0.25) is 0 Å². The molecule has 0 amide bonds. The molecule has 0 aromatic heterocycles. The van der Waals surface area contributed by atoms with E-state index in [-0.39, 0.29) is 12.4 Å². The van der Waals surface area contributed by atoms with Gasteiger partial charge < -0.3 is 9.47 Å². The Balaban J connectivity index is 4.22. The van der Waals surface area contributed by atoms with E-state index in [4.69, 9.17) is 10.00 Å². The fraction of sp³-hybridized carbons (Fsp3) is 0.500. The Labute approximate surface area is 71.4 Å². The van der Waals surface area contributed by atoms with Crippen molar-refractivity contribution in [2.45, 2.75) is 13.8 Å². The van der Waals surface area contributed by atoms with Crippen LogP contribution in [0.25, 0.3) is 0 Å². The Morgan fingerprint density at radius 3 is 2.42 bits per heavy atom. The number of nitriles is 1. The summed E-state index contributed by atoms with van der Waals surface area (Å²) in [4.78, 5) is 11.0. The van der Waals surface area contributed by atoms with Crippen LogP contribution in [-0.2, 0) is 14.3 Å². The largest absolute Gasteiger partial charge is 0.486 e. The van der Waals surface area contributed by atoms with Crippen LogP contribution in [0.4, 0.5) is 0 Å². The Kier molecular flexibility index (Phi) is 5.45. The fourth-order valence-corrected chi connectivity index (χ4v) is 0.576. The summed E-state index contributed by atoms with van der Waals surface area (Å²) in [6.07, 6.45) is 1.03. The number of nitrogens with zero attached hydrogens (tertiary/aromatic N) is 1. The number of carbonyl (C=O) groups excluding carboxylic acids is 1. The number of carbonyl (C=O) groups is 1. The summed E-state index contributed by atoms with van der Waals surface area (Å²) in [6, 6.07) is 1.70. The van der Waals surface area contributed by atoms with Gasteiger partial charge in [-0.05, 0) is 13.8 Å². The zero-order valence-corrected chi connectivity index (χ0v) is 7.16. The summed E-state index contributed by atoms with van der Waals surface area (Å²) >= 11 is 0. The molecule has 0 saturated carbocycles. The minimum Gasteiger partial charge on any atom is -0.486 e. The molecule has 0 heterocycles. The van der Waals surface area contributed by atoms with E-state index in [0.717, 1.165) is 6.08 Å². The molecule has 0 radical (unpaired) electrons. The van der Waals surface area contributed by atoms with E-state index in [0.29, 0.717) is 6.61 Å². The van der Waals surface area contributed by atoms with Gasteiger partial charge in [-0.25, -0.2) is 4.79 Å². The lowest BCUT2D eigenvalue weighted by Gasteiger charge is -2.05. The van der Waals surface area contributed by atoms with Gasteiger partial charge in [0.25, 0.3) is 0 Å². The van der Waals surface area contributed by atoms with E-state index in [2.05, 4.69) is 4.74 Å². The van der Waals surface area contributed by atoms with Crippen LogP contribution in [0.3, 0.4) is 0 Å². The fourth-order valence-electron chi connectivity index (χ4n) is 0.576. The standard InChI is InChI=1S/C8H11NO3/c1-3-11-7(5-6-9)8(10)12-4-2/h5H,3-4H2,1-2H3/b7-5-. The van der Waals surface area contributed by atoms with Crippen molar-refractivity contribution in [1.29, 1.82) is 5.26 Å². The highest BCUT2D eigenvalue weighted by molar-refractivity contribution is 5.86. The van der Waals surface area contributed by atoms with Crippen LogP contribution in [0.5, 0.6) is 0 Å². The van der Waals surface area contributed by atoms with Crippen LogP contribution >= 0.6 is 0 Å². The van der Waals surface area contributed by atoms with Gasteiger partial charge in [-0.3, -0.25) is 0 Å². The molecule has 0 aliphatic carbocycles. The van der Waals surface area contributed by atoms with Crippen LogP contribution < -0.4 is 0 Å². The van der Waals surface area contributed by atoms with E-state index in [1.165, 1.54) is 0 Å². The number of rotatable bonds is 4. The number of hydrogen-bond acceptors (Lipinski definition) is 4. The van der Waals surface area contributed by atoms with Gasteiger partial charge in [0.05, 0.1) is 25.4 Å². The lowest BCUT2D eigenvalue weighted by Crippen LogP contribution is -2.10. The molecular formula is C8H11NO3. The number of ether oxygens (including phenoxy) is 2. The summed E-state index contributed by atoms with van der Waals surface area (Å²) in [6.45, 7) is 4.03. The smallest absolute Gasteiger partial charge is 0.374 e. The van der Waals surface area contributed by atoms with Gasteiger partial charge in [-0.2, -0.15) is 5.26 Å². The zero-order valence-electron chi connectivity index (χ0n) is 7.16. The van der Waals surface area contributed by atoms with Crippen LogP contribution in [0.1, 0.15) is 13.8 Å². The molecule has 0 aliphatic rings. The van der Waals surface area contributed by atoms with Crippen molar-refractivity contribution >= 4 is 5.97 Å². The van der Waals surface area contributed by atoms with Gasteiger partial charge in [-0.15, -0.1) is 0 Å². The molecule has 0 saturated heterocycles. The predicted octanol–water partition coefficient (Wildman–Crippen LogP) is 0.993. The predicted molar refractivity (Wildman–Crippen MR) is 42.0 cm³/mol. The van der Waals surface area contributed by atoms with E-state index >= 15 is 0 Å². The first kappa shape index (κ1) is 10.5. The molecule has 0 fully saturated rings. The summed E-state index contributed by atoms with van der Waals surface area (Å²) in [5.74, 6) is -0.636. The lowest BCUT2D eigenvalue weighted by atomic mass is 10.4. The normalized spacial score (nSPS) is 10.2. The van der Waals surface area contributed by atoms with Crippen molar-refractivity contribution < 1.29 is 14.3 Å². The summed E-state index contributed by atoms with van der Waals surface area (Å²) in [5.41, 5.74) is 0. The topological polar surface area (TPSA) is 59.3 Å². The van der Waals surface area contributed by atoms with Crippen molar-refractivity contribution in [3.8, 4) is 6.07 Å². The molecule has 4 heteroatoms. The van der Waals surface area contributed by atoms with Gasteiger partial charge in [0.15, 0.2) is 0 Å². The molecule has 0 bridgehead atoms. The Morgan fingerprint density at radius 2 is 2.00 bits per heavy atom. The Hall–Kier alpha value is -1.50. The van der Waals surface area contributed by atoms with Crippen LogP contribution in [0.15, 0.2) is 11.8 Å². The number of allylic oxidation sites excluding steroid dienone is 1. The van der Waals surface area contributed by atoms with Gasteiger partial charge in [0.1, 0.15) is 0 Å². The Bertz CT molecular complexity index is 215. The molecule has 4 nitrogen and oxygen atoms in total. The van der Waals surface area contributed by atoms with Gasteiger partial charge in [-0.1, -0.05) is 0 Å². The highest BCUT2D eigenvalue weighted by Gasteiger charge is 2.10. The molecule has 0 atom stereocenters. The zero-order chi connectivity index (χ0) is 9.40. The van der Waals surface area contributed by atoms with Crippen molar-refractivity contribution in [3.05, 3.63) is 11.8 Å². The molecule has 0 spiro atoms. The molecule has 0 N–H and O–H groups in total. The van der Waals surface area contributed by atoms with Gasteiger partial charge >= 0.3 is 5.97 Å². The second-order valence-electron chi connectivity index (χ2n) is 1.79. The second-order valence-corrected chi connectivity index (χ2v) is 1.79. The third-order valence-corrected chi connectivity index (χ3v) is 0.972. The molecule has 0 rings (SSSR count). The monoisotopic (exact) mass is 169 g/mol. The summed E-state index contributed by atoms with van der Waals surface area (Å²) in [5, 5.41) is 8.27. The van der Waals surface area contributed by atoms with Crippen LogP contribution in [-0.4, -0.2) is 19.2 Å². The summed E-state index contributed by atoms with van der Waals surface area (Å²) in [7, 11) is 0. The average molecular weight is 169 g/mol. The van der Waals surface area contributed by atoms with Crippen LogP contribution in [0, 0.1) is 11.3 Å². The van der Waals surface area contributed by atoms with Crippen molar-refractivity contribution in [2.24, 2.45) is 0 Å². The van der Waals surface area contributed by atoms with Gasteiger partial charge in [0.2, 0.25) is 5.76 Å². The highest BCUT2D eigenvalue weighted by atomic mass is 16.6. The molecule has 12 heavy (non-hydrogen) atoms. The maximum atomic E-state index is 11.0. The molecule has 0 unspecified atom stereocenters. The quantitative estimate of drug-likeness (QED) is 0.272. The SMILES string of the molecule is CCOC(=O)/C(=C/C#N)OCC. The minimum absolute atomic E-state index is 0.0400. The third kappa shape index (κ3) is 3.62.